The van der Waals surface area contributed by atoms with E-state index in [0.717, 1.165) is 12.1 Å². The maximum absolute atomic E-state index is 14.7. The van der Waals surface area contributed by atoms with E-state index in [1.54, 1.807) is 20.8 Å². The Balaban J connectivity index is 1.79. The van der Waals surface area contributed by atoms with Gasteiger partial charge >= 0.3 is 12.1 Å². The molecule has 3 amide bonds. The molecular weight excluding hydrogens is 452 g/mol. The topological polar surface area (TPSA) is 96.5 Å². The molecule has 2 fully saturated rings. The predicted molar refractivity (Wildman–Crippen MR) is 116 cm³/mol. The van der Waals surface area contributed by atoms with Crippen LogP contribution in [0.3, 0.4) is 0 Å². The SMILES string of the molecule is CCOC(=O)C1COC(=O)N1C1CCN(C(=O)c2c(F)ccc(F)c2C(=O)N(CC)CC)CC1. The van der Waals surface area contributed by atoms with Crippen LogP contribution in [0.25, 0.3) is 0 Å². The van der Waals surface area contributed by atoms with Crippen LogP contribution in [0.15, 0.2) is 12.1 Å². The molecule has 1 aromatic rings. The summed E-state index contributed by atoms with van der Waals surface area (Å²) in [6.45, 7) is 5.93. The second-order valence-electron chi connectivity index (χ2n) is 8.03. The summed E-state index contributed by atoms with van der Waals surface area (Å²) >= 11 is 0. The summed E-state index contributed by atoms with van der Waals surface area (Å²) in [5.74, 6) is -4.05. The first kappa shape index (κ1) is 25.4. The first-order valence-electron chi connectivity index (χ1n) is 11.4. The van der Waals surface area contributed by atoms with Crippen LogP contribution < -0.4 is 0 Å². The lowest BCUT2D eigenvalue weighted by Gasteiger charge is -2.37. The molecule has 0 bridgehead atoms. The molecule has 1 aromatic carbocycles. The number of cyclic esters (lactones) is 1. The predicted octanol–water partition coefficient (Wildman–Crippen LogP) is 2.44. The smallest absolute Gasteiger partial charge is 0.410 e. The summed E-state index contributed by atoms with van der Waals surface area (Å²) < 4.78 is 39.4. The molecule has 2 heterocycles. The quantitative estimate of drug-likeness (QED) is 0.555. The van der Waals surface area contributed by atoms with Gasteiger partial charge in [0.25, 0.3) is 11.8 Å². The second kappa shape index (κ2) is 10.8. The van der Waals surface area contributed by atoms with Crippen molar-refractivity contribution in [3.63, 3.8) is 0 Å². The molecule has 0 aromatic heterocycles. The number of piperidine rings is 1. The Bertz CT molecular complexity index is 960. The highest BCUT2D eigenvalue weighted by Gasteiger charge is 2.44. The molecule has 11 heteroatoms. The van der Waals surface area contributed by atoms with Crippen LogP contribution in [0.5, 0.6) is 0 Å². The van der Waals surface area contributed by atoms with Crippen molar-refractivity contribution < 1.29 is 37.4 Å². The van der Waals surface area contributed by atoms with Crippen LogP contribution >= 0.6 is 0 Å². The molecule has 186 valence electrons. The average molecular weight is 481 g/mol. The molecule has 2 aliphatic heterocycles. The van der Waals surface area contributed by atoms with Crippen molar-refractivity contribution in [2.45, 2.75) is 45.7 Å². The number of carbonyl (C=O) groups is 4. The average Bonchev–Trinajstić information content (AvgIpc) is 3.22. The summed E-state index contributed by atoms with van der Waals surface area (Å²) in [5.41, 5.74) is -1.18. The monoisotopic (exact) mass is 481 g/mol. The third kappa shape index (κ3) is 4.83. The molecule has 0 spiro atoms. The Labute approximate surface area is 196 Å². The number of rotatable bonds is 7. The number of ether oxygens (including phenoxy) is 2. The van der Waals surface area contributed by atoms with Gasteiger partial charge in [0.05, 0.1) is 17.7 Å². The molecular formula is C23H29F2N3O6. The van der Waals surface area contributed by atoms with Crippen molar-refractivity contribution in [3.05, 3.63) is 34.9 Å². The van der Waals surface area contributed by atoms with Crippen LogP contribution in [0.4, 0.5) is 13.6 Å². The highest BCUT2D eigenvalue weighted by Crippen LogP contribution is 2.27. The molecule has 0 aliphatic carbocycles. The van der Waals surface area contributed by atoms with Crippen molar-refractivity contribution in [2.75, 3.05) is 39.4 Å². The zero-order valence-electron chi connectivity index (χ0n) is 19.5. The van der Waals surface area contributed by atoms with E-state index in [4.69, 9.17) is 9.47 Å². The number of hydrogen-bond acceptors (Lipinski definition) is 6. The van der Waals surface area contributed by atoms with Gasteiger partial charge in [0.2, 0.25) is 0 Å². The van der Waals surface area contributed by atoms with Gasteiger partial charge in [0, 0.05) is 32.2 Å². The number of esters is 1. The van der Waals surface area contributed by atoms with Gasteiger partial charge in [0.1, 0.15) is 18.2 Å². The van der Waals surface area contributed by atoms with Crippen molar-refractivity contribution in [2.24, 2.45) is 0 Å². The molecule has 2 aliphatic rings. The number of amides is 3. The number of carbonyl (C=O) groups excluding carboxylic acids is 4. The summed E-state index contributed by atoms with van der Waals surface area (Å²) in [7, 11) is 0. The number of likely N-dealkylation sites (tertiary alicyclic amines) is 1. The number of halogens is 2. The lowest BCUT2D eigenvalue weighted by molar-refractivity contribution is -0.148. The molecule has 1 atom stereocenters. The molecule has 9 nitrogen and oxygen atoms in total. The minimum atomic E-state index is -0.977. The maximum Gasteiger partial charge on any atom is 0.410 e. The molecule has 0 N–H and O–H groups in total. The zero-order chi connectivity index (χ0) is 25.0. The highest BCUT2D eigenvalue weighted by molar-refractivity contribution is 6.07. The fourth-order valence-electron chi connectivity index (χ4n) is 4.40. The summed E-state index contributed by atoms with van der Waals surface area (Å²) in [4.78, 5) is 54.5. The van der Waals surface area contributed by atoms with E-state index in [9.17, 15) is 28.0 Å². The Morgan fingerprint density at radius 1 is 1.06 bits per heavy atom. The zero-order valence-corrected chi connectivity index (χ0v) is 19.5. The van der Waals surface area contributed by atoms with Crippen LogP contribution in [0.2, 0.25) is 0 Å². The van der Waals surface area contributed by atoms with Gasteiger partial charge < -0.3 is 19.3 Å². The summed E-state index contributed by atoms with van der Waals surface area (Å²) in [6.07, 6.45) is -0.0360. The van der Waals surface area contributed by atoms with E-state index < -0.39 is 52.7 Å². The van der Waals surface area contributed by atoms with Gasteiger partial charge in [-0.05, 0) is 45.7 Å². The van der Waals surface area contributed by atoms with Crippen molar-refractivity contribution in [1.82, 2.24) is 14.7 Å². The lowest BCUT2D eigenvalue weighted by Crippen LogP contribution is -2.52. The van der Waals surface area contributed by atoms with Gasteiger partial charge in [-0.25, -0.2) is 18.4 Å². The van der Waals surface area contributed by atoms with Crippen LogP contribution in [0.1, 0.15) is 54.3 Å². The minimum Gasteiger partial charge on any atom is -0.464 e. The number of hydrogen-bond donors (Lipinski definition) is 0. The van der Waals surface area contributed by atoms with Crippen molar-refractivity contribution in [3.8, 4) is 0 Å². The number of nitrogens with zero attached hydrogens (tertiary/aromatic N) is 3. The van der Waals surface area contributed by atoms with Gasteiger partial charge in [-0.1, -0.05) is 0 Å². The van der Waals surface area contributed by atoms with Gasteiger partial charge in [0.15, 0.2) is 6.04 Å². The van der Waals surface area contributed by atoms with E-state index in [2.05, 4.69) is 0 Å². The standard InChI is InChI=1S/C23H29F2N3O6/c1-4-26(5-2)20(29)18-15(24)7-8-16(25)19(18)21(30)27-11-9-14(10-12-27)28-17(13-34-23(28)32)22(31)33-6-3/h7-8,14,17H,4-6,9-13H2,1-3H3. The molecule has 0 saturated carbocycles. The normalized spacial score (nSPS) is 18.6. The second-order valence-corrected chi connectivity index (χ2v) is 8.03. The van der Waals surface area contributed by atoms with E-state index in [1.807, 2.05) is 0 Å². The Morgan fingerprint density at radius 3 is 2.21 bits per heavy atom. The van der Waals surface area contributed by atoms with Gasteiger partial charge in [-0.2, -0.15) is 0 Å². The summed E-state index contributed by atoms with van der Waals surface area (Å²) in [5, 5.41) is 0. The van der Waals surface area contributed by atoms with E-state index in [-0.39, 0.29) is 45.4 Å². The third-order valence-corrected chi connectivity index (χ3v) is 6.20. The fraction of sp³-hybridized carbons (Fsp3) is 0.565. The third-order valence-electron chi connectivity index (χ3n) is 6.20. The molecule has 2 saturated heterocycles. The molecule has 34 heavy (non-hydrogen) atoms. The highest BCUT2D eigenvalue weighted by atomic mass is 19.1. The first-order valence-corrected chi connectivity index (χ1v) is 11.4. The summed E-state index contributed by atoms with van der Waals surface area (Å²) in [6, 6.07) is 0.420. The Kier molecular flexibility index (Phi) is 8.06. The van der Waals surface area contributed by atoms with E-state index in [0.29, 0.717) is 12.8 Å². The van der Waals surface area contributed by atoms with E-state index >= 15 is 0 Å². The van der Waals surface area contributed by atoms with Gasteiger partial charge in [-0.3, -0.25) is 14.5 Å². The van der Waals surface area contributed by atoms with Crippen LogP contribution in [-0.4, -0.2) is 90.1 Å². The Hall–Kier alpha value is -3.24. The molecule has 0 radical (unpaired) electrons. The van der Waals surface area contributed by atoms with E-state index in [1.165, 1.54) is 14.7 Å². The maximum atomic E-state index is 14.7. The van der Waals surface area contributed by atoms with Crippen molar-refractivity contribution >= 4 is 23.9 Å². The Morgan fingerprint density at radius 2 is 1.65 bits per heavy atom. The molecule has 1 unspecified atom stereocenters. The largest absolute Gasteiger partial charge is 0.464 e. The fourth-order valence-corrected chi connectivity index (χ4v) is 4.40. The van der Waals surface area contributed by atoms with Crippen molar-refractivity contribution in [1.29, 1.82) is 0 Å². The first-order chi connectivity index (χ1) is 16.2. The lowest BCUT2D eigenvalue weighted by atomic mass is 9.98. The molecule has 3 rings (SSSR count). The minimum absolute atomic E-state index is 0.109. The number of benzene rings is 1. The van der Waals surface area contributed by atoms with Gasteiger partial charge in [-0.15, -0.1) is 0 Å². The van der Waals surface area contributed by atoms with Crippen LogP contribution in [0, 0.1) is 11.6 Å². The van der Waals surface area contributed by atoms with Crippen LogP contribution in [-0.2, 0) is 14.3 Å².